The van der Waals surface area contributed by atoms with Crippen LogP contribution in [0, 0.1) is 5.92 Å². The molecule has 2 atom stereocenters. The van der Waals surface area contributed by atoms with Crippen LogP contribution < -0.4 is 16.0 Å². The van der Waals surface area contributed by atoms with Crippen molar-refractivity contribution in [2.24, 2.45) is 5.92 Å². The Bertz CT molecular complexity index is 489. The molecule has 2 aliphatic rings. The highest BCUT2D eigenvalue weighted by molar-refractivity contribution is 5.81. The lowest BCUT2D eigenvalue weighted by Crippen LogP contribution is -2.57. The third-order valence-corrected chi connectivity index (χ3v) is 5.32. The summed E-state index contributed by atoms with van der Waals surface area (Å²) in [4.78, 5) is 25.6. The highest BCUT2D eigenvalue weighted by atomic mass is 19.4. The Balaban J connectivity index is 1.76. The molecule has 9 heteroatoms. The molecule has 0 aromatic rings. The topological polar surface area (TPSA) is 73.5 Å². The van der Waals surface area contributed by atoms with Gasteiger partial charge in [-0.15, -0.1) is 0 Å². The maximum atomic E-state index is 13.3. The molecule has 3 N–H and O–H groups in total. The highest BCUT2D eigenvalue weighted by Crippen LogP contribution is 2.25. The number of hydrogen-bond donors (Lipinski definition) is 3. The Labute approximate surface area is 158 Å². The van der Waals surface area contributed by atoms with Gasteiger partial charge in [-0.2, -0.15) is 13.2 Å². The summed E-state index contributed by atoms with van der Waals surface area (Å²) < 4.78 is 40.0. The van der Waals surface area contributed by atoms with Gasteiger partial charge in [0.25, 0.3) is 0 Å². The second-order valence-electron chi connectivity index (χ2n) is 7.60. The monoisotopic (exact) mass is 392 g/mol. The van der Waals surface area contributed by atoms with E-state index < -0.39 is 30.7 Å². The zero-order chi connectivity index (χ0) is 19.9. The minimum absolute atomic E-state index is 0.00779. The molecule has 6 nitrogen and oxygen atoms in total. The fourth-order valence-corrected chi connectivity index (χ4v) is 3.78. The third-order valence-electron chi connectivity index (χ3n) is 5.32. The van der Waals surface area contributed by atoms with Crippen molar-refractivity contribution in [3.63, 3.8) is 0 Å². The predicted molar refractivity (Wildman–Crippen MR) is 96.1 cm³/mol. The minimum Gasteiger partial charge on any atom is -0.354 e. The molecule has 1 saturated carbocycles. The summed E-state index contributed by atoms with van der Waals surface area (Å²) >= 11 is 0. The van der Waals surface area contributed by atoms with Gasteiger partial charge >= 0.3 is 6.18 Å². The van der Waals surface area contributed by atoms with Crippen molar-refractivity contribution in [1.82, 2.24) is 20.9 Å². The van der Waals surface area contributed by atoms with E-state index in [2.05, 4.69) is 16.0 Å². The first-order valence-corrected chi connectivity index (χ1v) is 9.86. The Morgan fingerprint density at radius 2 is 1.78 bits per heavy atom. The van der Waals surface area contributed by atoms with Gasteiger partial charge in [-0.1, -0.05) is 19.3 Å². The molecule has 1 saturated heterocycles. The van der Waals surface area contributed by atoms with Crippen LogP contribution in [-0.2, 0) is 9.59 Å². The van der Waals surface area contributed by atoms with Crippen LogP contribution in [-0.4, -0.2) is 67.7 Å². The summed E-state index contributed by atoms with van der Waals surface area (Å²) in [5.41, 5.74) is 0. The van der Waals surface area contributed by atoms with E-state index in [1.165, 1.54) is 4.90 Å². The average molecular weight is 392 g/mol. The Hall–Kier alpha value is -1.35. The number of carbonyl (C=O) groups is 2. The summed E-state index contributed by atoms with van der Waals surface area (Å²) in [6.45, 7) is 2.85. The molecule has 0 aromatic carbocycles. The molecule has 0 bridgehead atoms. The molecular formula is C18H31F3N4O2. The Morgan fingerprint density at radius 3 is 2.37 bits per heavy atom. The van der Waals surface area contributed by atoms with Crippen LogP contribution in [0.1, 0.15) is 45.4 Å². The molecule has 0 radical (unpaired) electrons. The SMILES string of the molecule is CC(CC(=O)NCC(N1CCNCC1)C(F)(F)F)NC(=O)C1CCCCC1. The van der Waals surface area contributed by atoms with Crippen molar-refractivity contribution in [3.05, 3.63) is 0 Å². The largest absolute Gasteiger partial charge is 0.405 e. The highest BCUT2D eigenvalue weighted by Gasteiger charge is 2.43. The fourth-order valence-electron chi connectivity index (χ4n) is 3.78. The summed E-state index contributed by atoms with van der Waals surface area (Å²) in [6.07, 6.45) is 0.534. The van der Waals surface area contributed by atoms with Gasteiger partial charge in [-0.3, -0.25) is 14.5 Å². The number of amides is 2. The fraction of sp³-hybridized carbons (Fsp3) is 0.889. The number of carbonyl (C=O) groups excluding carboxylic acids is 2. The predicted octanol–water partition coefficient (Wildman–Crippen LogP) is 1.41. The summed E-state index contributed by atoms with van der Waals surface area (Å²) in [7, 11) is 0. The molecule has 0 spiro atoms. The zero-order valence-corrected chi connectivity index (χ0v) is 15.9. The van der Waals surface area contributed by atoms with E-state index in [4.69, 9.17) is 0 Å². The van der Waals surface area contributed by atoms with Crippen LogP contribution in [0.2, 0.25) is 0 Å². The second kappa shape index (κ2) is 10.3. The van der Waals surface area contributed by atoms with Gasteiger partial charge in [0, 0.05) is 51.1 Å². The van der Waals surface area contributed by atoms with Crippen molar-refractivity contribution in [1.29, 1.82) is 0 Å². The Morgan fingerprint density at radius 1 is 1.15 bits per heavy atom. The number of rotatable bonds is 7. The first kappa shape index (κ1) is 21.9. The van der Waals surface area contributed by atoms with Gasteiger partial charge in [0.15, 0.2) is 0 Å². The lowest BCUT2D eigenvalue weighted by Gasteiger charge is -2.36. The molecule has 1 aliphatic heterocycles. The van der Waals surface area contributed by atoms with Crippen LogP contribution >= 0.6 is 0 Å². The maximum Gasteiger partial charge on any atom is 0.405 e. The van der Waals surface area contributed by atoms with E-state index in [0.29, 0.717) is 26.2 Å². The van der Waals surface area contributed by atoms with E-state index in [9.17, 15) is 22.8 Å². The molecule has 1 heterocycles. The van der Waals surface area contributed by atoms with Crippen LogP contribution in [0.5, 0.6) is 0 Å². The standard InChI is InChI=1S/C18H31F3N4O2/c1-13(24-17(27)14-5-3-2-4-6-14)11-16(26)23-12-15(18(19,20)21)25-9-7-22-8-10-25/h13-15,22H,2-12H2,1H3,(H,23,26)(H,24,27). The molecule has 1 aliphatic carbocycles. The van der Waals surface area contributed by atoms with E-state index in [-0.39, 0.29) is 18.2 Å². The number of piperazine rings is 1. The van der Waals surface area contributed by atoms with E-state index >= 15 is 0 Å². The molecule has 2 fully saturated rings. The average Bonchev–Trinajstić information content (AvgIpc) is 2.62. The third kappa shape index (κ3) is 7.29. The number of alkyl halides is 3. The molecular weight excluding hydrogens is 361 g/mol. The molecule has 0 aromatic heterocycles. The molecule has 156 valence electrons. The summed E-state index contributed by atoms with van der Waals surface area (Å²) in [5.74, 6) is -0.536. The molecule has 2 unspecified atom stereocenters. The molecule has 27 heavy (non-hydrogen) atoms. The van der Waals surface area contributed by atoms with Crippen LogP contribution in [0.4, 0.5) is 13.2 Å². The van der Waals surface area contributed by atoms with Crippen molar-refractivity contribution < 1.29 is 22.8 Å². The minimum atomic E-state index is -4.40. The van der Waals surface area contributed by atoms with Gasteiger partial charge in [0.05, 0.1) is 0 Å². The van der Waals surface area contributed by atoms with Gasteiger partial charge in [-0.05, 0) is 19.8 Å². The number of hydrogen-bond acceptors (Lipinski definition) is 4. The first-order chi connectivity index (χ1) is 12.8. The normalized spacial score (nSPS) is 22.1. The number of nitrogens with one attached hydrogen (secondary N) is 3. The maximum absolute atomic E-state index is 13.3. The van der Waals surface area contributed by atoms with Crippen molar-refractivity contribution >= 4 is 11.8 Å². The quantitative estimate of drug-likeness (QED) is 0.613. The van der Waals surface area contributed by atoms with Crippen molar-refractivity contribution in [3.8, 4) is 0 Å². The van der Waals surface area contributed by atoms with Crippen molar-refractivity contribution in [2.45, 2.75) is 63.7 Å². The van der Waals surface area contributed by atoms with Crippen LogP contribution in [0.15, 0.2) is 0 Å². The van der Waals surface area contributed by atoms with E-state index in [1.807, 2.05) is 0 Å². The van der Waals surface area contributed by atoms with E-state index in [1.54, 1.807) is 6.92 Å². The molecule has 2 amide bonds. The number of halogens is 3. The van der Waals surface area contributed by atoms with E-state index in [0.717, 1.165) is 32.1 Å². The smallest absolute Gasteiger partial charge is 0.354 e. The lowest BCUT2D eigenvalue weighted by molar-refractivity contribution is -0.184. The van der Waals surface area contributed by atoms with Gasteiger partial charge in [0.2, 0.25) is 11.8 Å². The Kier molecular flexibility index (Phi) is 8.34. The summed E-state index contributed by atoms with van der Waals surface area (Å²) in [6, 6.07) is -2.08. The second-order valence-corrected chi connectivity index (χ2v) is 7.60. The molecule has 2 rings (SSSR count). The number of nitrogens with zero attached hydrogens (tertiary/aromatic N) is 1. The van der Waals surface area contributed by atoms with Crippen LogP contribution in [0.25, 0.3) is 0 Å². The zero-order valence-electron chi connectivity index (χ0n) is 15.9. The van der Waals surface area contributed by atoms with Gasteiger partial charge in [0.1, 0.15) is 6.04 Å². The van der Waals surface area contributed by atoms with Crippen molar-refractivity contribution in [2.75, 3.05) is 32.7 Å². The lowest BCUT2D eigenvalue weighted by atomic mass is 9.88. The van der Waals surface area contributed by atoms with Gasteiger partial charge < -0.3 is 16.0 Å². The summed E-state index contributed by atoms with van der Waals surface area (Å²) in [5, 5.41) is 8.24. The van der Waals surface area contributed by atoms with Crippen LogP contribution in [0.3, 0.4) is 0 Å². The van der Waals surface area contributed by atoms with Gasteiger partial charge in [-0.25, -0.2) is 0 Å². The first-order valence-electron chi connectivity index (χ1n) is 9.86.